The van der Waals surface area contributed by atoms with Crippen LogP contribution in [-0.4, -0.2) is 45.4 Å². The molecule has 1 N–H and O–H groups in total. The molecular weight excluding hydrogens is 368 g/mol. The molecule has 0 atom stereocenters. The average Bonchev–Trinajstić information content (AvgIpc) is 2.95. The number of carbonyl (C=O) groups is 3. The summed E-state index contributed by atoms with van der Waals surface area (Å²) in [6, 6.07) is 5.22. The number of hydrogen-bond donors (Lipinski definition) is 1. The highest BCUT2D eigenvalue weighted by Gasteiger charge is 2.52. The first-order chi connectivity index (χ1) is 14.0. The van der Waals surface area contributed by atoms with Crippen LogP contribution in [0.25, 0.3) is 0 Å². The van der Waals surface area contributed by atoms with E-state index in [9.17, 15) is 14.4 Å². The van der Waals surface area contributed by atoms with Crippen molar-refractivity contribution in [2.45, 2.75) is 76.3 Å². The van der Waals surface area contributed by atoms with E-state index in [0.717, 1.165) is 43.4 Å². The van der Waals surface area contributed by atoms with Crippen LogP contribution in [0.15, 0.2) is 29.4 Å². The predicted octanol–water partition coefficient (Wildman–Crippen LogP) is 2.86. The lowest BCUT2D eigenvalue weighted by Gasteiger charge is -2.33. The van der Waals surface area contributed by atoms with Gasteiger partial charge in [0.05, 0.1) is 6.04 Å². The fraction of sp³-hybridized carbons (Fsp3) is 0.636. The molecule has 3 fully saturated rings. The van der Waals surface area contributed by atoms with Gasteiger partial charge in [-0.3, -0.25) is 24.0 Å². The Balaban J connectivity index is 1.52. The van der Waals surface area contributed by atoms with Gasteiger partial charge in [-0.15, -0.1) is 0 Å². The van der Waals surface area contributed by atoms with Crippen molar-refractivity contribution in [2.24, 2.45) is 10.9 Å². The molecule has 1 aromatic rings. The molecule has 1 aliphatic heterocycles. The SMILES string of the molecule is CC1CCC2(CC1)NC(=O)N(CC(=O)n1ccccc1=NC1CCCCC1)C2=O. The first-order valence-electron chi connectivity index (χ1n) is 10.9. The minimum absolute atomic E-state index is 0.231. The number of aromatic nitrogens is 1. The van der Waals surface area contributed by atoms with Crippen molar-refractivity contribution in [1.82, 2.24) is 14.8 Å². The lowest BCUT2D eigenvalue weighted by molar-refractivity contribution is -0.132. The van der Waals surface area contributed by atoms with Crippen LogP contribution in [0.5, 0.6) is 0 Å². The summed E-state index contributed by atoms with van der Waals surface area (Å²) in [5, 5.41) is 2.88. The highest BCUT2D eigenvalue weighted by atomic mass is 16.2. The van der Waals surface area contributed by atoms with E-state index in [1.807, 2.05) is 12.1 Å². The molecule has 29 heavy (non-hydrogen) atoms. The summed E-state index contributed by atoms with van der Waals surface area (Å²) >= 11 is 0. The fourth-order valence-electron chi connectivity index (χ4n) is 4.77. The number of amides is 3. The molecule has 3 amide bonds. The number of pyridine rings is 1. The number of rotatable bonds is 3. The molecule has 156 valence electrons. The summed E-state index contributed by atoms with van der Waals surface area (Å²) in [7, 11) is 0. The molecule has 1 aromatic heterocycles. The van der Waals surface area contributed by atoms with Crippen molar-refractivity contribution >= 4 is 17.8 Å². The molecule has 0 radical (unpaired) electrons. The fourth-order valence-corrected chi connectivity index (χ4v) is 4.77. The van der Waals surface area contributed by atoms with Crippen molar-refractivity contribution in [1.29, 1.82) is 0 Å². The number of urea groups is 1. The van der Waals surface area contributed by atoms with Crippen molar-refractivity contribution in [3.8, 4) is 0 Å². The highest BCUT2D eigenvalue weighted by Crippen LogP contribution is 2.36. The minimum Gasteiger partial charge on any atom is -0.323 e. The topological polar surface area (TPSA) is 83.8 Å². The molecule has 1 saturated heterocycles. The van der Waals surface area contributed by atoms with Crippen molar-refractivity contribution in [3.05, 3.63) is 29.9 Å². The summed E-state index contributed by atoms with van der Waals surface area (Å²) < 4.78 is 1.48. The van der Waals surface area contributed by atoms with Crippen LogP contribution < -0.4 is 10.8 Å². The standard InChI is InChI=1S/C22H30N4O3/c1-16-10-12-22(13-11-16)20(28)26(21(29)24-22)15-19(27)25-14-6-5-9-18(25)23-17-7-3-2-4-8-17/h5-6,9,14,16-17H,2-4,7-8,10-13,15H2,1H3,(H,24,29). The zero-order valence-corrected chi connectivity index (χ0v) is 17.1. The van der Waals surface area contributed by atoms with Crippen LogP contribution in [0.3, 0.4) is 0 Å². The monoisotopic (exact) mass is 398 g/mol. The Morgan fingerprint density at radius 3 is 2.59 bits per heavy atom. The minimum atomic E-state index is -0.819. The average molecular weight is 399 g/mol. The van der Waals surface area contributed by atoms with Gasteiger partial charge in [-0.05, 0) is 56.6 Å². The molecule has 2 saturated carbocycles. The Morgan fingerprint density at radius 2 is 1.86 bits per heavy atom. The van der Waals surface area contributed by atoms with Gasteiger partial charge in [-0.1, -0.05) is 32.3 Å². The second-order valence-corrected chi connectivity index (χ2v) is 8.83. The third-order valence-corrected chi connectivity index (χ3v) is 6.66. The summed E-state index contributed by atoms with van der Waals surface area (Å²) in [6.45, 7) is 1.91. The van der Waals surface area contributed by atoms with Crippen molar-refractivity contribution in [3.63, 3.8) is 0 Å². The van der Waals surface area contributed by atoms with Crippen molar-refractivity contribution < 1.29 is 14.4 Å². The third-order valence-electron chi connectivity index (χ3n) is 6.66. The van der Waals surface area contributed by atoms with E-state index in [-0.39, 0.29) is 24.4 Å². The van der Waals surface area contributed by atoms with Crippen molar-refractivity contribution in [2.75, 3.05) is 6.54 Å². The summed E-state index contributed by atoms with van der Waals surface area (Å²) in [5.74, 6) is -0.0141. The Bertz CT molecular complexity index is 861. The summed E-state index contributed by atoms with van der Waals surface area (Å²) in [4.78, 5) is 44.4. The normalized spacial score (nSPS) is 28.8. The number of nitrogens with one attached hydrogen (secondary N) is 1. The maximum atomic E-state index is 13.0. The maximum Gasteiger partial charge on any atom is 0.325 e. The van der Waals surface area contributed by atoms with Crippen LogP contribution in [0, 0.1) is 5.92 Å². The van der Waals surface area contributed by atoms with Gasteiger partial charge in [-0.25, -0.2) is 4.79 Å². The van der Waals surface area contributed by atoms with Crippen LogP contribution in [0.4, 0.5) is 4.79 Å². The van der Waals surface area contributed by atoms with Gasteiger partial charge in [0.25, 0.3) is 11.8 Å². The van der Waals surface area contributed by atoms with Gasteiger partial charge in [-0.2, -0.15) is 0 Å². The zero-order valence-electron chi connectivity index (χ0n) is 17.1. The second-order valence-electron chi connectivity index (χ2n) is 8.83. The third kappa shape index (κ3) is 4.00. The van der Waals surface area contributed by atoms with E-state index >= 15 is 0 Å². The van der Waals surface area contributed by atoms with Crippen LogP contribution in [-0.2, 0) is 4.79 Å². The van der Waals surface area contributed by atoms with Gasteiger partial charge in [0.1, 0.15) is 17.6 Å². The van der Waals surface area contributed by atoms with E-state index in [1.165, 1.54) is 11.0 Å². The molecule has 2 aliphatic carbocycles. The maximum absolute atomic E-state index is 13.0. The Kier molecular flexibility index (Phi) is 5.56. The quantitative estimate of drug-likeness (QED) is 0.795. The van der Waals surface area contributed by atoms with E-state index < -0.39 is 11.6 Å². The molecular formula is C22H30N4O3. The molecule has 0 bridgehead atoms. The number of imide groups is 1. The molecule has 2 heterocycles. The summed E-state index contributed by atoms with van der Waals surface area (Å²) in [5.41, 5.74) is -0.224. The number of hydrogen-bond acceptors (Lipinski definition) is 4. The largest absolute Gasteiger partial charge is 0.325 e. The van der Waals surface area contributed by atoms with Gasteiger partial charge in [0.15, 0.2) is 0 Å². The van der Waals surface area contributed by atoms with Gasteiger partial charge < -0.3 is 5.32 Å². The molecule has 7 nitrogen and oxygen atoms in total. The van der Waals surface area contributed by atoms with E-state index in [4.69, 9.17) is 4.99 Å². The first kappa shape index (κ1) is 19.9. The number of nitrogens with zero attached hydrogens (tertiary/aromatic N) is 3. The zero-order chi connectivity index (χ0) is 20.4. The molecule has 3 aliphatic rings. The first-order valence-corrected chi connectivity index (χ1v) is 10.9. The Labute approximate surface area is 171 Å². The lowest BCUT2D eigenvalue weighted by Crippen LogP contribution is -2.49. The van der Waals surface area contributed by atoms with Gasteiger partial charge in [0, 0.05) is 6.20 Å². The molecule has 0 unspecified atom stereocenters. The van der Waals surface area contributed by atoms with E-state index in [1.54, 1.807) is 12.3 Å². The van der Waals surface area contributed by atoms with E-state index in [2.05, 4.69) is 12.2 Å². The molecule has 1 spiro atoms. The summed E-state index contributed by atoms with van der Waals surface area (Å²) in [6.07, 6.45) is 10.4. The lowest BCUT2D eigenvalue weighted by atomic mass is 9.77. The van der Waals surface area contributed by atoms with Crippen LogP contribution in [0.2, 0.25) is 0 Å². The Hall–Kier alpha value is -2.44. The highest BCUT2D eigenvalue weighted by molar-refractivity contribution is 6.09. The molecule has 0 aromatic carbocycles. The number of carbonyl (C=O) groups excluding carboxylic acids is 3. The molecule has 7 heteroatoms. The van der Waals surface area contributed by atoms with Crippen LogP contribution in [0.1, 0.15) is 69.5 Å². The van der Waals surface area contributed by atoms with Gasteiger partial charge in [0.2, 0.25) is 0 Å². The van der Waals surface area contributed by atoms with Crippen LogP contribution >= 0.6 is 0 Å². The van der Waals surface area contributed by atoms with E-state index in [0.29, 0.717) is 24.2 Å². The van der Waals surface area contributed by atoms with Gasteiger partial charge >= 0.3 is 6.03 Å². The molecule has 4 rings (SSSR count). The second kappa shape index (κ2) is 8.13. The smallest absolute Gasteiger partial charge is 0.323 e. The predicted molar refractivity (Wildman–Crippen MR) is 108 cm³/mol. The Morgan fingerprint density at radius 1 is 1.14 bits per heavy atom.